The fourth-order valence-electron chi connectivity index (χ4n) is 5.00. The second-order valence-corrected chi connectivity index (χ2v) is 13.3. The Morgan fingerprint density at radius 2 is 1.78 bits per heavy atom. The minimum atomic E-state index is -4.18. The van der Waals surface area contributed by atoms with Gasteiger partial charge in [-0.25, -0.2) is 18.4 Å². The van der Waals surface area contributed by atoms with E-state index in [-0.39, 0.29) is 32.3 Å². The number of pyridine rings is 2. The highest BCUT2D eigenvalue weighted by Gasteiger charge is 2.40. The summed E-state index contributed by atoms with van der Waals surface area (Å²) in [6.07, 6.45) is 2.29. The number of nitrogens with one attached hydrogen (secondary N) is 1. The third kappa shape index (κ3) is 5.32. The fourth-order valence-corrected chi connectivity index (χ4v) is 6.40. The first kappa shape index (κ1) is 26.6. The summed E-state index contributed by atoms with van der Waals surface area (Å²) in [6, 6.07) is 14.0. The summed E-state index contributed by atoms with van der Waals surface area (Å²) in [6.45, 7) is 13.3. The molecule has 196 valence electrons. The molecule has 1 aromatic carbocycles. The van der Waals surface area contributed by atoms with Crippen LogP contribution in [-0.2, 0) is 15.3 Å². The van der Waals surface area contributed by atoms with Gasteiger partial charge in [0.25, 0.3) is 5.91 Å². The molecule has 4 rings (SSSR count). The van der Waals surface area contributed by atoms with Crippen molar-refractivity contribution in [2.45, 2.75) is 68.8 Å². The van der Waals surface area contributed by atoms with Crippen LogP contribution in [0, 0.1) is 5.92 Å². The van der Waals surface area contributed by atoms with Crippen LogP contribution in [0.5, 0.6) is 0 Å². The number of carbonyl (C=O) groups excluding carboxylic acids is 1. The average molecular weight is 522 g/mol. The molecule has 0 saturated carbocycles. The van der Waals surface area contributed by atoms with E-state index in [2.05, 4.69) is 56.8 Å². The first-order valence-corrected chi connectivity index (χ1v) is 13.8. The van der Waals surface area contributed by atoms with Crippen molar-refractivity contribution in [3.05, 3.63) is 65.9 Å². The fraction of sp³-hybridized carbons (Fsp3) is 0.393. The molecular formula is C28H35N5O3S. The maximum atomic E-state index is 13.8. The van der Waals surface area contributed by atoms with Crippen LogP contribution in [0.3, 0.4) is 0 Å². The van der Waals surface area contributed by atoms with Crippen molar-refractivity contribution < 1.29 is 13.2 Å². The number of carbonyl (C=O) groups is 1. The second-order valence-electron chi connectivity index (χ2n) is 11.4. The molecule has 0 spiro atoms. The van der Waals surface area contributed by atoms with E-state index in [4.69, 9.17) is 5.73 Å². The number of anilines is 3. The van der Waals surface area contributed by atoms with E-state index >= 15 is 0 Å². The van der Waals surface area contributed by atoms with Crippen molar-refractivity contribution >= 4 is 33.1 Å². The maximum absolute atomic E-state index is 13.8. The Hall–Kier alpha value is -3.46. The summed E-state index contributed by atoms with van der Waals surface area (Å²) in [5.41, 5.74) is 7.33. The molecule has 3 heterocycles. The van der Waals surface area contributed by atoms with Gasteiger partial charge in [-0.2, -0.15) is 0 Å². The zero-order valence-corrected chi connectivity index (χ0v) is 23.1. The standard InChI is InChI=1S/C28H35N5O3S/c1-18-16-28(5,6)33(17-18)26-24(25(29)34)21(14-15-30-26)37(35,36)23-9-7-8-22(32-23)31-20-12-10-19(11-13-20)27(2,3)4/h7-15,18H,16-17H2,1-6H3,(H2,29,34)(H,31,32). The topological polar surface area (TPSA) is 118 Å². The van der Waals surface area contributed by atoms with E-state index in [0.717, 1.165) is 12.1 Å². The normalized spacial score (nSPS) is 17.6. The number of primary amides is 1. The number of benzene rings is 1. The second kappa shape index (κ2) is 9.45. The van der Waals surface area contributed by atoms with Gasteiger partial charge in [0.2, 0.25) is 9.84 Å². The third-order valence-electron chi connectivity index (χ3n) is 6.78. The summed E-state index contributed by atoms with van der Waals surface area (Å²) in [4.78, 5) is 23.2. The summed E-state index contributed by atoms with van der Waals surface area (Å²) in [5, 5.41) is 2.99. The maximum Gasteiger partial charge on any atom is 0.253 e. The van der Waals surface area contributed by atoms with Crippen molar-refractivity contribution in [2.24, 2.45) is 11.7 Å². The van der Waals surface area contributed by atoms with Gasteiger partial charge < -0.3 is 16.0 Å². The molecule has 1 saturated heterocycles. The molecule has 2 aromatic heterocycles. The van der Waals surface area contributed by atoms with Gasteiger partial charge in [-0.3, -0.25) is 4.79 Å². The minimum absolute atomic E-state index is 0.0224. The van der Waals surface area contributed by atoms with Crippen LogP contribution in [0.15, 0.2) is 64.6 Å². The largest absolute Gasteiger partial charge is 0.365 e. The number of rotatable bonds is 6. The van der Waals surface area contributed by atoms with Gasteiger partial charge in [-0.15, -0.1) is 0 Å². The average Bonchev–Trinajstić information content (AvgIpc) is 3.10. The van der Waals surface area contributed by atoms with E-state index in [1.54, 1.807) is 12.1 Å². The molecule has 1 unspecified atom stereocenters. The SMILES string of the molecule is CC1CN(c2nccc(S(=O)(=O)c3cccc(Nc4ccc(C(C)(C)C)cc4)n3)c2C(N)=O)C(C)(C)C1. The molecule has 8 nitrogen and oxygen atoms in total. The summed E-state index contributed by atoms with van der Waals surface area (Å²) < 4.78 is 27.5. The molecule has 1 aliphatic heterocycles. The van der Waals surface area contributed by atoms with Crippen LogP contribution in [0.2, 0.25) is 0 Å². The molecule has 1 aliphatic rings. The van der Waals surface area contributed by atoms with Crippen molar-refractivity contribution in [1.29, 1.82) is 0 Å². The molecule has 1 atom stereocenters. The summed E-state index contributed by atoms with van der Waals surface area (Å²) >= 11 is 0. The Bertz CT molecular complexity index is 1430. The van der Waals surface area contributed by atoms with Gasteiger partial charge in [0.15, 0.2) is 5.03 Å². The first-order chi connectivity index (χ1) is 17.2. The zero-order chi connectivity index (χ0) is 27.2. The Kier molecular flexibility index (Phi) is 6.79. The lowest BCUT2D eigenvalue weighted by Gasteiger charge is -2.33. The number of amides is 1. The molecule has 0 bridgehead atoms. The predicted octanol–water partition coefficient (Wildman–Crippen LogP) is 5.07. The van der Waals surface area contributed by atoms with Crippen molar-refractivity contribution in [3.8, 4) is 0 Å². The molecule has 0 aliphatic carbocycles. The van der Waals surface area contributed by atoms with Crippen LogP contribution in [0.25, 0.3) is 0 Å². The monoisotopic (exact) mass is 521 g/mol. The van der Waals surface area contributed by atoms with Gasteiger partial charge in [0, 0.05) is 24.0 Å². The predicted molar refractivity (Wildman–Crippen MR) is 146 cm³/mol. The van der Waals surface area contributed by atoms with Crippen molar-refractivity contribution in [2.75, 3.05) is 16.8 Å². The minimum Gasteiger partial charge on any atom is -0.365 e. The number of aromatic nitrogens is 2. The highest BCUT2D eigenvalue weighted by molar-refractivity contribution is 7.91. The number of hydrogen-bond donors (Lipinski definition) is 2. The molecule has 3 N–H and O–H groups in total. The first-order valence-electron chi connectivity index (χ1n) is 12.4. The Labute approximate surface area is 219 Å². The molecular weight excluding hydrogens is 486 g/mol. The zero-order valence-electron chi connectivity index (χ0n) is 22.2. The van der Waals surface area contributed by atoms with Gasteiger partial charge >= 0.3 is 0 Å². The van der Waals surface area contributed by atoms with E-state index < -0.39 is 15.7 Å². The highest BCUT2D eigenvalue weighted by Crippen LogP contribution is 2.39. The quantitative estimate of drug-likeness (QED) is 0.465. The Morgan fingerprint density at radius 3 is 2.35 bits per heavy atom. The van der Waals surface area contributed by atoms with Gasteiger partial charge in [0.1, 0.15) is 17.2 Å². The van der Waals surface area contributed by atoms with E-state index in [1.165, 1.54) is 23.9 Å². The van der Waals surface area contributed by atoms with Crippen molar-refractivity contribution in [1.82, 2.24) is 9.97 Å². The molecule has 0 radical (unpaired) electrons. The molecule has 3 aromatic rings. The highest BCUT2D eigenvalue weighted by atomic mass is 32.2. The third-order valence-corrected chi connectivity index (χ3v) is 8.48. The van der Waals surface area contributed by atoms with Crippen LogP contribution >= 0.6 is 0 Å². The lowest BCUT2D eigenvalue weighted by molar-refractivity contribution is 0.0997. The molecule has 1 amide bonds. The van der Waals surface area contributed by atoms with E-state index in [0.29, 0.717) is 18.3 Å². The van der Waals surface area contributed by atoms with Crippen LogP contribution in [-0.4, -0.2) is 36.4 Å². The van der Waals surface area contributed by atoms with E-state index in [1.807, 2.05) is 29.2 Å². The molecule has 9 heteroatoms. The van der Waals surface area contributed by atoms with E-state index in [9.17, 15) is 13.2 Å². The van der Waals surface area contributed by atoms with Gasteiger partial charge in [0.05, 0.1) is 4.90 Å². The summed E-state index contributed by atoms with van der Waals surface area (Å²) in [7, 11) is -4.18. The Morgan fingerprint density at radius 1 is 1.11 bits per heavy atom. The number of sulfone groups is 1. The smallest absolute Gasteiger partial charge is 0.253 e. The number of nitrogens with two attached hydrogens (primary N) is 1. The number of nitrogens with zero attached hydrogens (tertiary/aromatic N) is 3. The Balaban J connectivity index is 1.72. The summed E-state index contributed by atoms with van der Waals surface area (Å²) in [5.74, 6) is 0.176. The molecule has 1 fully saturated rings. The lowest BCUT2D eigenvalue weighted by atomic mass is 9.87. The van der Waals surface area contributed by atoms with Crippen LogP contribution in [0.1, 0.15) is 63.9 Å². The van der Waals surface area contributed by atoms with Crippen molar-refractivity contribution in [3.63, 3.8) is 0 Å². The lowest BCUT2D eigenvalue weighted by Crippen LogP contribution is -2.40. The van der Waals surface area contributed by atoms with Gasteiger partial charge in [-0.05, 0) is 67.5 Å². The van der Waals surface area contributed by atoms with Gasteiger partial charge in [-0.1, -0.05) is 45.9 Å². The van der Waals surface area contributed by atoms with Crippen LogP contribution < -0.4 is 16.0 Å². The number of hydrogen-bond acceptors (Lipinski definition) is 7. The van der Waals surface area contributed by atoms with Crippen LogP contribution in [0.4, 0.5) is 17.3 Å². The molecule has 37 heavy (non-hydrogen) atoms.